The molecule has 1 fully saturated rings. The predicted octanol–water partition coefficient (Wildman–Crippen LogP) is 1.10. The van der Waals surface area contributed by atoms with Crippen molar-refractivity contribution in [2.45, 2.75) is 25.4 Å². The van der Waals surface area contributed by atoms with Gasteiger partial charge in [-0.1, -0.05) is 0 Å². The number of rotatable bonds is 7. The minimum absolute atomic E-state index is 0.0162. The molecule has 0 bridgehead atoms. The van der Waals surface area contributed by atoms with Crippen molar-refractivity contribution < 1.29 is 19.4 Å². The van der Waals surface area contributed by atoms with Crippen molar-refractivity contribution in [1.82, 2.24) is 10.3 Å². The Morgan fingerprint density at radius 3 is 3.20 bits per heavy atom. The van der Waals surface area contributed by atoms with E-state index in [1.165, 1.54) is 18.5 Å². The summed E-state index contributed by atoms with van der Waals surface area (Å²) in [5, 5.41) is 12.0. The van der Waals surface area contributed by atoms with E-state index in [1.807, 2.05) is 0 Å². The molecule has 110 valence electrons. The summed E-state index contributed by atoms with van der Waals surface area (Å²) in [6.45, 7) is 2.59. The predicted molar refractivity (Wildman–Crippen MR) is 72.6 cm³/mol. The molecule has 0 spiro atoms. The normalized spacial score (nSPS) is 18.1. The number of hydrogen-bond acceptors (Lipinski definition) is 5. The lowest BCUT2D eigenvalue weighted by molar-refractivity contribution is 0.0166. The van der Waals surface area contributed by atoms with E-state index in [2.05, 4.69) is 10.3 Å². The van der Waals surface area contributed by atoms with Gasteiger partial charge in [0, 0.05) is 26.0 Å². The van der Waals surface area contributed by atoms with Crippen LogP contribution in [0.4, 0.5) is 0 Å². The van der Waals surface area contributed by atoms with Crippen LogP contribution in [0.15, 0.2) is 18.5 Å². The number of aromatic hydroxyl groups is 1. The maximum Gasteiger partial charge on any atom is 0.252 e. The van der Waals surface area contributed by atoms with Gasteiger partial charge in [-0.05, 0) is 25.3 Å². The van der Waals surface area contributed by atoms with Crippen molar-refractivity contribution in [2.75, 3.05) is 26.4 Å². The standard InChI is InChI=1S/C14H20N2O4/c17-12-7-11(8-15-9-12)14(18)16-4-2-5-19-10-13-3-1-6-20-13/h7-9,13,17H,1-6,10H2,(H,16,18). The van der Waals surface area contributed by atoms with Crippen LogP contribution in [0, 0.1) is 0 Å². The van der Waals surface area contributed by atoms with Crippen LogP contribution in [-0.4, -0.2) is 48.5 Å². The van der Waals surface area contributed by atoms with Crippen LogP contribution in [0.3, 0.4) is 0 Å². The monoisotopic (exact) mass is 280 g/mol. The van der Waals surface area contributed by atoms with Gasteiger partial charge in [-0.3, -0.25) is 9.78 Å². The summed E-state index contributed by atoms with van der Waals surface area (Å²) in [7, 11) is 0. The van der Waals surface area contributed by atoms with Crippen LogP contribution in [0.2, 0.25) is 0 Å². The van der Waals surface area contributed by atoms with E-state index >= 15 is 0 Å². The molecule has 0 aliphatic carbocycles. The Morgan fingerprint density at radius 2 is 2.45 bits per heavy atom. The topological polar surface area (TPSA) is 80.7 Å². The Kier molecular flexibility index (Phi) is 5.76. The highest BCUT2D eigenvalue weighted by Gasteiger charge is 2.14. The fraction of sp³-hybridized carbons (Fsp3) is 0.571. The summed E-state index contributed by atoms with van der Waals surface area (Å²) in [6, 6.07) is 1.39. The molecule has 2 N–H and O–H groups in total. The molecule has 1 aromatic heterocycles. The van der Waals surface area contributed by atoms with E-state index in [9.17, 15) is 9.90 Å². The lowest BCUT2D eigenvalue weighted by Gasteiger charge is -2.10. The average Bonchev–Trinajstić information content (AvgIpc) is 2.95. The van der Waals surface area contributed by atoms with E-state index in [4.69, 9.17) is 9.47 Å². The number of pyridine rings is 1. The van der Waals surface area contributed by atoms with Crippen molar-refractivity contribution in [1.29, 1.82) is 0 Å². The minimum Gasteiger partial charge on any atom is -0.506 e. The van der Waals surface area contributed by atoms with Gasteiger partial charge in [-0.25, -0.2) is 0 Å². The van der Waals surface area contributed by atoms with Crippen LogP contribution in [-0.2, 0) is 9.47 Å². The molecule has 0 aromatic carbocycles. The number of carbonyl (C=O) groups excluding carboxylic acids is 1. The summed E-state index contributed by atoms with van der Waals surface area (Å²) in [5.74, 6) is -0.259. The number of aromatic nitrogens is 1. The molecule has 0 radical (unpaired) electrons. The molecule has 1 aromatic rings. The Hall–Kier alpha value is -1.66. The first-order valence-electron chi connectivity index (χ1n) is 6.87. The third-order valence-corrected chi connectivity index (χ3v) is 3.06. The second-order valence-corrected chi connectivity index (χ2v) is 4.75. The smallest absolute Gasteiger partial charge is 0.252 e. The van der Waals surface area contributed by atoms with Gasteiger partial charge in [-0.2, -0.15) is 0 Å². The average molecular weight is 280 g/mol. The lowest BCUT2D eigenvalue weighted by atomic mass is 10.2. The van der Waals surface area contributed by atoms with E-state index in [0.717, 1.165) is 25.9 Å². The third kappa shape index (κ3) is 4.79. The molecule has 1 aliphatic rings. The second kappa shape index (κ2) is 7.81. The molecule has 1 amide bonds. The van der Waals surface area contributed by atoms with Crippen LogP contribution in [0.5, 0.6) is 5.75 Å². The number of nitrogens with one attached hydrogen (secondary N) is 1. The first-order valence-corrected chi connectivity index (χ1v) is 6.87. The molecule has 20 heavy (non-hydrogen) atoms. The number of hydrogen-bond donors (Lipinski definition) is 2. The molecule has 1 saturated heterocycles. The second-order valence-electron chi connectivity index (χ2n) is 4.75. The van der Waals surface area contributed by atoms with Crippen molar-refractivity contribution in [3.05, 3.63) is 24.0 Å². The summed E-state index contributed by atoms with van der Waals surface area (Å²) in [6.07, 6.45) is 5.87. The van der Waals surface area contributed by atoms with Gasteiger partial charge in [0.1, 0.15) is 5.75 Å². The van der Waals surface area contributed by atoms with E-state index in [0.29, 0.717) is 25.3 Å². The summed E-state index contributed by atoms with van der Waals surface area (Å²) >= 11 is 0. The van der Waals surface area contributed by atoms with Gasteiger partial charge >= 0.3 is 0 Å². The molecule has 0 saturated carbocycles. The number of ether oxygens (including phenoxy) is 2. The molecule has 6 heteroatoms. The number of amides is 1. The number of carbonyl (C=O) groups is 1. The SMILES string of the molecule is O=C(NCCCOCC1CCCO1)c1cncc(O)c1. The van der Waals surface area contributed by atoms with Gasteiger partial charge in [0.2, 0.25) is 0 Å². The highest BCUT2D eigenvalue weighted by atomic mass is 16.5. The Bertz CT molecular complexity index is 433. The zero-order chi connectivity index (χ0) is 14.2. The highest BCUT2D eigenvalue weighted by Crippen LogP contribution is 2.12. The Labute approximate surface area is 118 Å². The molecule has 6 nitrogen and oxygen atoms in total. The Balaban J connectivity index is 1.55. The number of nitrogens with zero attached hydrogens (tertiary/aromatic N) is 1. The van der Waals surface area contributed by atoms with Crippen LogP contribution >= 0.6 is 0 Å². The Morgan fingerprint density at radius 1 is 1.55 bits per heavy atom. The lowest BCUT2D eigenvalue weighted by Crippen LogP contribution is -2.25. The van der Waals surface area contributed by atoms with Gasteiger partial charge in [0.15, 0.2) is 0 Å². The maximum absolute atomic E-state index is 11.7. The van der Waals surface area contributed by atoms with Gasteiger partial charge < -0.3 is 19.9 Å². The molecule has 1 unspecified atom stereocenters. The molecular formula is C14H20N2O4. The molecule has 1 aliphatic heterocycles. The molecule has 2 heterocycles. The quantitative estimate of drug-likeness (QED) is 0.731. The van der Waals surface area contributed by atoms with Gasteiger partial charge in [0.05, 0.1) is 24.5 Å². The third-order valence-electron chi connectivity index (χ3n) is 3.06. The van der Waals surface area contributed by atoms with Gasteiger partial charge in [-0.15, -0.1) is 0 Å². The fourth-order valence-electron chi connectivity index (χ4n) is 2.02. The zero-order valence-electron chi connectivity index (χ0n) is 11.4. The fourth-order valence-corrected chi connectivity index (χ4v) is 2.02. The highest BCUT2D eigenvalue weighted by molar-refractivity contribution is 5.94. The minimum atomic E-state index is -0.243. The van der Waals surface area contributed by atoms with Crippen LogP contribution in [0.1, 0.15) is 29.6 Å². The molecule has 2 rings (SSSR count). The summed E-state index contributed by atoms with van der Waals surface area (Å²) in [4.78, 5) is 15.5. The van der Waals surface area contributed by atoms with Crippen molar-refractivity contribution in [3.63, 3.8) is 0 Å². The first kappa shape index (κ1) is 14.7. The first-order chi connectivity index (χ1) is 9.75. The van der Waals surface area contributed by atoms with Crippen molar-refractivity contribution in [3.8, 4) is 5.75 Å². The maximum atomic E-state index is 11.7. The summed E-state index contributed by atoms with van der Waals surface area (Å²) < 4.78 is 10.9. The molecular weight excluding hydrogens is 260 g/mol. The van der Waals surface area contributed by atoms with E-state index < -0.39 is 0 Å². The molecule has 1 atom stereocenters. The zero-order valence-corrected chi connectivity index (χ0v) is 11.4. The van der Waals surface area contributed by atoms with Crippen LogP contribution in [0.25, 0.3) is 0 Å². The van der Waals surface area contributed by atoms with E-state index in [-0.39, 0.29) is 17.8 Å². The van der Waals surface area contributed by atoms with Crippen molar-refractivity contribution >= 4 is 5.91 Å². The largest absolute Gasteiger partial charge is 0.506 e. The van der Waals surface area contributed by atoms with Crippen molar-refractivity contribution in [2.24, 2.45) is 0 Å². The van der Waals surface area contributed by atoms with E-state index in [1.54, 1.807) is 0 Å². The van der Waals surface area contributed by atoms with Gasteiger partial charge in [0.25, 0.3) is 5.91 Å². The summed E-state index contributed by atoms with van der Waals surface area (Å²) in [5.41, 5.74) is 0.352. The van der Waals surface area contributed by atoms with Crippen LogP contribution < -0.4 is 5.32 Å².